The molecule has 0 aliphatic carbocycles. The molecule has 1 heterocycles. The highest BCUT2D eigenvalue weighted by Crippen LogP contribution is 2.41. The topological polar surface area (TPSA) is 60.1 Å². The maximum Gasteiger partial charge on any atom is 0.416 e. The molecule has 5 aromatic carbocycles. The number of carbonyl (C=O) groups excluding carboxylic acids is 2. The quantitative estimate of drug-likeness (QED) is 0.0501. The van der Waals surface area contributed by atoms with Crippen molar-refractivity contribution in [3.8, 4) is 0 Å². The SMILES string of the molecule is COC(=O)c1cncc[n+]1CC(=O)c1ccccc1.FC(F)(F)c1cc([B-](c2cc(C(F)(F)F)cc(C(F)(F)F)c2)(c2cc(C(F)(F)F)cc(C(F)(F)F)c2)c2cc(C(F)(F)F)cc(C(F)(F)F)c2)cc(C(F)(F)F)c1. The lowest BCUT2D eigenvalue weighted by atomic mass is 9.12. The van der Waals surface area contributed by atoms with Crippen LogP contribution in [0.1, 0.15) is 65.4 Å². The van der Waals surface area contributed by atoms with E-state index in [1.807, 2.05) is 6.07 Å². The number of aromatic nitrogens is 2. The summed E-state index contributed by atoms with van der Waals surface area (Å²) >= 11 is 0. The zero-order valence-electron chi connectivity index (χ0n) is 37.0. The van der Waals surface area contributed by atoms with Gasteiger partial charge < -0.3 is 4.74 Å². The predicted molar refractivity (Wildman–Crippen MR) is 217 cm³/mol. The van der Waals surface area contributed by atoms with Gasteiger partial charge in [0.15, 0.2) is 6.20 Å². The number of methoxy groups -OCH3 is 1. The van der Waals surface area contributed by atoms with E-state index in [1.165, 1.54) is 24.1 Å². The van der Waals surface area contributed by atoms with Crippen LogP contribution in [0.4, 0.5) is 105 Å². The van der Waals surface area contributed by atoms with Crippen LogP contribution in [0.2, 0.25) is 0 Å². The second-order valence-electron chi connectivity index (χ2n) is 16.1. The highest BCUT2D eigenvalue weighted by molar-refractivity contribution is 7.20. The van der Waals surface area contributed by atoms with Gasteiger partial charge in [-0.1, -0.05) is 78.9 Å². The van der Waals surface area contributed by atoms with E-state index in [2.05, 4.69) is 9.72 Å². The number of Topliss-reactive ketones (excluding diaryl/α,β-unsaturated/α-hetero) is 1. The monoisotopic (exact) mass is 1120 g/mol. The Balaban J connectivity index is 0.000000468. The van der Waals surface area contributed by atoms with Crippen LogP contribution >= 0.6 is 0 Å². The van der Waals surface area contributed by atoms with Crippen molar-refractivity contribution in [1.29, 1.82) is 0 Å². The Morgan fingerprint density at radius 2 is 0.697 bits per heavy atom. The largest absolute Gasteiger partial charge is 0.461 e. The first kappa shape index (κ1) is 59.6. The molecule has 0 spiro atoms. The number of esters is 1. The second kappa shape index (κ2) is 20.7. The average molecular weight is 1120 g/mol. The number of benzene rings is 5. The first-order valence-corrected chi connectivity index (χ1v) is 20.3. The lowest BCUT2D eigenvalue weighted by Crippen LogP contribution is -2.75. The second-order valence-corrected chi connectivity index (χ2v) is 16.1. The number of ketones is 1. The van der Waals surface area contributed by atoms with Gasteiger partial charge in [0.1, 0.15) is 12.3 Å². The van der Waals surface area contributed by atoms with Gasteiger partial charge in [0.2, 0.25) is 12.3 Å². The highest BCUT2D eigenvalue weighted by Gasteiger charge is 2.47. The molecular weight excluding hydrogens is 1100 g/mol. The van der Waals surface area contributed by atoms with Crippen molar-refractivity contribution < 1.29 is 124 Å². The summed E-state index contributed by atoms with van der Waals surface area (Å²) in [5.41, 5.74) is -29.4. The maximum atomic E-state index is 14.2. The normalized spacial score (nSPS) is 13.2. The molecule has 0 saturated heterocycles. The zero-order valence-corrected chi connectivity index (χ0v) is 37.0. The summed E-state index contributed by atoms with van der Waals surface area (Å²) in [5, 5.41) is 0. The Morgan fingerprint density at radius 1 is 0.434 bits per heavy atom. The molecule has 0 aliphatic rings. The Hall–Kier alpha value is -7.30. The van der Waals surface area contributed by atoms with Crippen LogP contribution in [0, 0.1) is 0 Å². The molecule has 5 nitrogen and oxygen atoms in total. The molecule has 0 bridgehead atoms. The number of rotatable bonds is 8. The molecule has 6 rings (SSSR count). The first-order chi connectivity index (χ1) is 34.5. The summed E-state index contributed by atoms with van der Waals surface area (Å²) in [6.45, 7) is 0.0664. The fourth-order valence-electron chi connectivity index (χ4n) is 7.74. The van der Waals surface area contributed by atoms with Crippen LogP contribution in [0.25, 0.3) is 0 Å². The van der Waals surface area contributed by atoms with E-state index >= 15 is 0 Å². The minimum atomic E-state index is -6.13. The van der Waals surface area contributed by atoms with E-state index in [4.69, 9.17) is 0 Å². The van der Waals surface area contributed by atoms with E-state index in [0.29, 0.717) is 5.56 Å². The van der Waals surface area contributed by atoms with Gasteiger partial charge in [0.25, 0.3) is 0 Å². The molecule has 0 amide bonds. The van der Waals surface area contributed by atoms with Gasteiger partial charge in [-0.15, -0.1) is 0 Å². The number of halogens is 24. The lowest BCUT2D eigenvalue weighted by Gasteiger charge is -2.46. The number of carbonyl (C=O) groups is 2. The minimum absolute atomic E-state index is 0.0664. The van der Waals surface area contributed by atoms with Crippen molar-refractivity contribution in [2.75, 3.05) is 7.11 Å². The van der Waals surface area contributed by atoms with Crippen LogP contribution in [-0.2, 0) is 60.7 Å². The van der Waals surface area contributed by atoms with Gasteiger partial charge in [0.05, 0.1) is 57.8 Å². The number of alkyl halides is 24. The Morgan fingerprint density at radius 3 is 0.934 bits per heavy atom. The summed E-state index contributed by atoms with van der Waals surface area (Å²) in [5.74, 6) is -0.601. The Bertz CT molecular complexity index is 2660. The molecule has 408 valence electrons. The molecule has 6 aromatic rings. The fraction of sp³-hybridized carbons (Fsp3) is 0.217. The van der Waals surface area contributed by atoms with Crippen LogP contribution in [0.3, 0.4) is 0 Å². The third-order valence-corrected chi connectivity index (χ3v) is 11.1. The standard InChI is InChI=1S/C32H12BF24.C14H13N2O3/c34-25(35,36)13-1-14(26(37,38)39)6-21(5-13)33(22-7-15(27(40,41)42)2-16(8-22)28(43,44)45,23-9-17(29(46,47)48)3-18(10-23)30(49,50)51)24-11-19(31(52,53)54)4-20(12-24)32(55,56)57;1-19-14(18)12-9-15-7-8-16(12)10-13(17)11-5-3-2-4-6-11/h1-12H;2-9H,10H2,1H3/q-1;+1. The third-order valence-electron chi connectivity index (χ3n) is 11.1. The highest BCUT2D eigenvalue weighted by atomic mass is 19.4. The van der Waals surface area contributed by atoms with Crippen LogP contribution in [0.15, 0.2) is 122 Å². The molecule has 1 aromatic heterocycles. The van der Waals surface area contributed by atoms with Gasteiger partial charge in [-0.3, -0.25) is 9.78 Å². The van der Waals surface area contributed by atoms with Crippen molar-refractivity contribution >= 4 is 39.7 Å². The van der Waals surface area contributed by atoms with Crippen molar-refractivity contribution in [3.05, 3.63) is 177 Å². The van der Waals surface area contributed by atoms with Crippen LogP contribution in [0.5, 0.6) is 0 Å². The molecule has 0 fully saturated rings. The minimum Gasteiger partial charge on any atom is -0.461 e. The molecule has 0 atom stereocenters. The molecule has 0 unspecified atom stereocenters. The van der Waals surface area contributed by atoms with Gasteiger partial charge in [-0.25, -0.2) is 4.79 Å². The van der Waals surface area contributed by atoms with Crippen molar-refractivity contribution in [3.63, 3.8) is 0 Å². The number of hydrogen-bond acceptors (Lipinski definition) is 4. The van der Waals surface area contributed by atoms with Gasteiger partial charge in [-0.2, -0.15) is 132 Å². The van der Waals surface area contributed by atoms with E-state index < -0.39 is 201 Å². The number of hydrogen-bond donors (Lipinski definition) is 0. The number of ether oxygens (including phenoxy) is 1. The van der Waals surface area contributed by atoms with Crippen molar-refractivity contribution in [2.24, 2.45) is 0 Å². The molecular formula is C46H25BF24N2O3. The van der Waals surface area contributed by atoms with Gasteiger partial charge in [-0.05, 0) is 24.3 Å². The fourth-order valence-corrected chi connectivity index (χ4v) is 7.74. The average Bonchev–Trinajstić information content (AvgIpc) is 3.29. The molecule has 0 saturated carbocycles. The molecule has 0 radical (unpaired) electrons. The molecule has 0 aliphatic heterocycles. The Labute approximate surface area is 409 Å². The van der Waals surface area contributed by atoms with E-state index in [1.54, 1.807) is 30.5 Å². The Kier molecular flexibility index (Phi) is 16.2. The smallest absolute Gasteiger partial charge is 0.416 e. The maximum absolute atomic E-state index is 14.2. The molecule has 0 N–H and O–H groups in total. The number of nitrogens with zero attached hydrogens (tertiary/aromatic N) is 2. The molecule has 30 heteroatoms. The summed E-state index contributed by atoms with van der Waals surface area (Å²) in [6, 6.07) is 0.104. The third kappa shape index (κ3) is 13.6. The molecule has 76 heavy (non-hydrogen) atoms. The predicted octanol–water partition coefficient (Wildman–Crippen LogP) is 12.3. The van der Waals surface area contributed by atoms with Gasteiger partial charge in [0, 0.05) is 5.56 Å². The van der Waals surface area contributed by atoms with E-state index in [-0.39, 0.29) is 18.0 Å². The zero-order chi connectivity index (χ0) is 57.6. The summed E-state index contributed by atoms with van der Waals surface area (Å²) < 4.78 is 347. The van der Waals surface area contributed by atoms with Crippen LogP contribution in [-0.4, -0.2) is 30.0 Å². The summed E-state index contributed by atoms with van der Waals surface area (Å²) in [6.07, 6.45) is -50.3. The van der Waals surface area contributed by atoms with E-state index in [0.717, 1.165) is 0 Å². The van der Waals surface area contributed by atoms with Gasteiger partial charge >= 0.3 is 61.1 Å². The summed E-state index contributed by atoms with van der Waals surface area (Å²) in [7, 11) is 1.29. The summed E-state index contributed by atoms with van der Waals surface area (Å²) in [4.78, 5) is 27.5. The van der Waals surface area contributed by atoms with Crippen LogP contribution < -0.4 is 26.4 Å². The van der Waals surface area contributed by atoms with E-state index in [9.17, 15) is 115 Å². The first-order valence-electron chi connectivity index (χ1n) is 20.3. The van der Waals surface area contributed by atoms with Crippen molar-refractivity contribution in [2.45, 2.75) is 56.0 Å². The van der Waals surface area contributed by atoms with Crippen molar-refractivity contribution in [1.82, 2.24) is 4.98 Å². The lowest BCUT2D eigenvalue weighted by molar-refractivity contribution is -0.686.